The zero-order valence-corrected chi connectivity index (χ0v) is 24.2. The van der Waals surface area contributed by atoms with E-state index in [-0.39, 0.29) is 25.2 Å². The van der Waals surface area contributed by atoms with E-state index in [9.17, 15) is 9.90 Å². The third kappa shape index (κ3) is 6.66. The van der Waals surface area contributed by atoms with Gasteiger partial charge in [0.2, 0.25) is 0 Å². The number of aromatic nitrogens is 3. The van der Waals surface area contributed by atoms with Gasteiger partial charge in [0.1, 0.15) is 23.7 Å². The molecule has 1 aliphatic heterocycles. The lowest BCUT2D eigenvalue weighted by Crippen LogP contribution is -2.45. The molecule has 8 nitrogen and oxygen atoms in total. The predicted molar refractivity (Wildman–Crippen MR) is 159 cm³/mol. The quantitative estimate of drug-likeness (QED) is 0.261. The maximum Gasteiger partial charge on any atom is 0.272 e. The zero-order chi connectivity index (χ0) is 28.9. The molecule has 1 amide bonds. The Morgan fingerprint density at radius 3 is 2.27 bits per heavy atom. The standard InChI is InChI=1S/C33H38N4O4/c1-22(2)25-7-5-24(6-8-25)20-41-29-11-9-26(10-12-29)30-31(27-13-15-34-16-14-27)35-37-18-17-36(33(39)32(30)37)19-28(38)21-40-23(3)4/h5-16,22-23,28,38H,17-21H2,1-4H3. The van der Waals surface area contributed by atoms with Crippen LogP contribution in [0.25, 0.3) is 22.4 Å². The van der Waals surface area contributed by atoms with Gasteiger partial charge in [0, 0.05) is 36.6 Å². The maximum atomic E-state index is 13.8. The molecule has 0 saturated carbocycles. The first kappa shape index (κ1) is 28.5. The number of carbonyl (C=O) groups excluding carboxylic acids is 1. The van der Waals surface area contributed by atoms with E-state index in [1.165, 1.54) is 5.56 Å². The van der Waals surface area contributed by atoms with E-state index in [4.69, 9.17) is 14.6 Å². The van der Waals surface area contributed by atoms with Crippen LogP contribution in [0.3, 0.4) is 0 Å². The Balaban J connectivity index is 1.40. The summed E-state index contributed by atoms with van der Waals surface area (Å²) in [6, 6.07) is 20.1. The van der Waals surface area contributed by atoms with E-state index in [1.807, 2.05) is 50.2 Å². The number of pyridine rings is 1. The third-order valence-corrected chi connectivity index (χ3v) is 7.23. The molecule has 1 unspecified atom stereocenters. The van der Waals surface area contributed by atoms with E-state index in [0.29, 0.717) is 31.3 Å². The first-order valence-corrected chi connectivity index (χ1v) is 14.2. The number of hydrogen-bond donors (Lipinski definition) is 1. The largest absolute Gasteiger partial charge is 0.489 e. The fourth-order valence-corrected chi connectivity index (χ4v) is 4.96. The van der Waals surface area contributed by atoms with Crippen LogP contribution in [0.2, 0.25) is 0 Å². The Kier molecular flexibility index (Phi) is 8.81. The normalized spacial score (nSPS) is 14.0. The van der Waals surface area contributed by atoms with Crippen molar-refractivity contribution in [2.24, 2.45) is 0 Å². The highest BCUT2D eigenvalue weighted by Crippen LogP contribution is 2.37. The maximum absolute atomic E-state index is 13.8. The first-order chi connectivity index (χ1) is 19.8. The molecule has 1 aliphatic rings. The minimum absolute atomic E-state index is 0.00929. The number of nitrogens with zero attached hydrogens (tertiary/aromatic N) is 4. The van der Waals surface area contributed by atoms with Gasteiger partial charge in [0.15, 0.2) is 0 Å². The summed E-state index contributed by atoms with van der Waals surface area (Å²) in [5.74, 6) is 1.08. The number of aliphatic hydroxyl groups is 1. The number of aliphatic hydroxyl groups excluding tert-OH is 1. The summed E-state index contributed by atoms with van der Waals surface area (Å²) < 4.78 is 13.4. The van der Waals surface area contributed by atoms with E-state index in [1.54, 1.807) is 22.0 Å². The van der Waals surface area contributed by atoms with Gasteiger partial charge in [-0.1, -0.05) is 50.2 Å². The van der Waals surface area contributed by atoms with Gasteiger partial charge in [-0.25, -0.2) is 0 Å². The molecule has 5 rings (SSSR count). The monoisotopic (exact) mass is 554 g/mol. The molecule has 0 aliphatic carbocycles. The predicted octanol–water partition coefficient (Wildman–Crippen LogP) is 5.56. The second-order valence-electron chi connectivity index (χ2n) is 11.0. The number of benzene rings is 2. The molecule has 0 fully saturated rings. The molecule has 1 atom stereocenters. The summed E-state index contributed by atoms with van der Waals surface area (Å²) in [6.07, 6.45) is 2.69. The topological polar surface area (TPSA) is 89.7 Å². The number of amides is 1. The average molecular weight is 555 g/mol. The molecule has 3 heterocycles. The van der Waals surface area contributed by atoms with Crippen LogP contribution in [-0.4, -0.2) is 62.6 Å². The highest BCUT2D eigenvalue weighted by molar-refractivity contribution is 6.03. The summed E-state index contributed by atoms with van der Waals surface area (Å²) in [6.45, 7) is 10.1. The minimum Gasteiger partial charge on any atom is -0.489 e. The number of carbonyl (C=O) groups is 1. The second-order valence-corrected chi connectivity index (χ2v) is 11.0. The van der Waals surface area contributed by atoms with Gasteiger partial charge in [-0.15, -0.1) is 0 Å². The lowest BCUT2D eigenvalue weighted by Gasteiger charge is -2.30. The molecule has 0 bridgehead atoms. The van der Waals surface area contributed by atoms with Crippen molar-refractivity contribution in [2.75, 3.05) is 19.7 Å². The van der Waals surface area contributed by atoms with Crippen molar-refractivity contribution >= 4 is 5.91 Å². The Labute approximate surface area is 241 Å². The Morgan fingerprint density at radius 1 is 0.902 bits per heavy atom. The van der Waals surface area contributed by atoms with Crippen LogP contribution >= 0.6 is 0 Å². The fourth-order valence-electron chi connectivity index (χ4n) is 4.96. The molecule has 1 N–H and O–H groups in total. The minimum atomic E-state index is -0.767. The van der Waals surface area contributed by atoms with Crippen molar-refractivity contribution in [3.63, 3.8) is 0 Å². The molecule has 4 aromatic rings. The summed E-state index contributed by atoms with van der Waals surface area (Å²) >= 11 is 0. The van der Waals surface area contributed by atoms with Gasteiger partial charge in [0.25, 0.3) is 5.91 Å². The summed E-state index contributed by atoms with van der Waals surface area (Å²) in [5.41, 5.74) is 6.15. The van der Waals surface area contributed by atoms with E-state index >= 15 is 0 Å². The van der Waals surface area contributed by atoms with E-state index in [2.05, 4.69) is 43.1 Å². The number of β-amino-alcohol motifs (C(OH)–C–C–N with tert-alkyl or cyclic N) is 1. The van der Waals surface area contributed by atoms with Gasteiger partial charge in [0.05, 0.1) is 25.4 Å². The molecule has 0 spiro atoms. The fraction of sp³-hybridized carbons (Fsp3) is 0.364. The van der Waals surface area contributed by atoms with Crippen molar-refractivity contribution in [3.05, 3.63) is 89.9 Å². The van der Waals surface area contributed by atoms with Gasteiger partial charge in [-0.3, -0.25) is 14.5 Å². The molecule has 8 heteroatoms. The van der Waals surface area contributed by atoms with Gasteiger partial charge in [-0.05, 0) is 60.7 Å². The lowest BCUT2D eigenvalue weighted by molar-refractivity contribution is -0.00846. The van der Waals surface area contributed by atoms with Gasteiger partial charge in [-0.2, -0.15) is 5.10 Å². The number of fused-ring (bicyclic) bond motifs is 1. The summed E-state index contributed by atoms with van der Waals surface area (Å²) in [5, 5.41) is 15.4. The summed E-state index contributed by atoms with van der Waals surface area (Å²) in [7, 11) is 0. The molecule has 41 heavy (non-hydrogen) atoms. The van der Waals surface area contributed by atoms with E-state index < -0.39 is 6.10 Å². The number of hydrogen-bond acceptors (Lipinski definition) is 6. The Morgan fingerprint density at radius 2 is 1.61 bits per heavy atom. The molecule has 2 aromatic carbocycles. The molecule has 214 valence electrons. The van der Waals surface area contributed by atoms with Crippen molar-refractivity contribution in [2.45, 2.75) is 59.0 Å². The molecule has 0 saturated heterocycles. The highest BCUT2D eigenvalue weighted by atomic mass is 16.5. The van der Waals surface area contributed by atoms with Crippen LogP contribution in [0.15, 0.2) is 73.1 Å². The van der Waals surface area contributed by atoms with Crippen LogP contribution in [0.1, 0.15) is 55.2 Å². The highest BCUT2D eigenvalue weighted by Gasteiger charge is 2.33. The molecule has 2 aromatic heterocycles. The van der Waals surface area contributed by atoms with Crippen molar-refractivity contribution < 1.29 is 19.4 Å². The van der Waals surface area contributed by atoms with Crippen molar-refractivity contribution in [3.8, 4) is 28.1 Å². The van der Waals surface area contributed by atoms with Crippen LogP contribution < -0.4 is 4.74 Å². The summed E-state index contributed by atoms with van der Waals surface area (Å²) in [4.78, 5) is 19.6. The SMILES string of the molecule is CC(C)OCC(O)CN1CCn2nc(-c3ccncc3)c(-c3ccc(OCc4ccc(C(C)C)cc4)cc3)c2C1=O. The van der Waals surface area contributed by atoms with E-state index in [0.717, 1.165) is 33.7 Å². The Hall–Kier alpha value is -4.01. The number of rotatable bonds is 11. The van der Waals surface area contributed by atoms with Crippen LogP contribution in [-0.2, 0) is 17.9 Å². The van der Waals surface area contributed by atoms with Gasteiger partial charge < -0.3 is 19.5 Å². The first-order valence-electron chi connectivity index (χ1n) is 14.2. The van der Waals surface area contributed by atoms with Crippen LogP contribution in [0, 0.1) is 0 Å². The Bertz CT molecular complexity index is 1450. The smallest absolute Gasteiger partial charge is 0.272 e. The van der Waals surface area contributed by atoms with Crippen molar-refractivity contribution in [1.82, 2.24) is 19.7 Å². The molecular weight excluding hydrogens is 516 g/mol. The third-order valence-electron chi connectivity index (χ3n) is 7.23. The average Bonchev–Trinajstić information content (AvgIpc) is 3.38. The van der Waals surface area contributed by atoms with Crippen LogP contribution in [0.4, 0.5) is 0 Å². The van der Waals surface area contributed by atoms with Crippen LogP contribution in [0.5, 0.6) is 5.75 Å². The second kappa shape index (κ2) is 12.7. The van der Waals surface area contributed by atoms with Crippen molar-refractivity contribution in [1.29, 1.82) is 0 Å². The molecule has 0 radical (unpaired) electrons. The lowest BCUT2D eigenvalue weighted by atomic mass is 9.98. The van der Waals surface area contributed by atoms with Gasteiger partial charge >= 0.3 is 0 Å². The molecular formula is C33H38N4O4. The zero-order valence-electron chi connectivity index (χ0n) is 24.2. The number of ether oxygens (including phenoxy) is 2.